The Labute approximate surface area is 264 Å². The Morgan fingerprint density at radius 2 is 1.39 bits per heavy atom. The lowest BCUT2D eigenvalue weighted by Gasteiger charge is -2.29. The van der Waals surface area contributed by atoms with Crippen molar-refractivity contribution in [3.8, 4) is 28.3 Å². The second-order valence-electron chi connectivity index (χ2n) is 11.9. The number of allylic oxidation sites excluding steroid dienone is 2. The molecule has 0 saturated heterocycles. The van der Waals surface area contributed by atoms with Crippen molar-refractivity contribution in [2.24, 2.45) is 5.92 Å². The van der Waals surface area contributed by atoms with E-state index in [2.05, 4.69) is 78.9 Å². The van der Waals surface area contributed by atoms with E-state index in [1.807, 2.05) is 60.7 Å². The first kappa shape index (κ1) is 25.2. The van der Waals surface area contributed by atoms with Gasteiger partial charge in [-0.25, -0.2) is 9.97 Å². The van der Waals surface area contributed by atoms with Gasteiger partial charge < -0.3 is 4.42 Å². The minimum absolute atomic E-state index is 0.0489. The van der Waals surface area contributed by atoms with Gasteiger partial charge in [0, 0.05) is 39.1 Å². The molecule has 8 aromatic rings. The molecule has 3 heterocycles. The first-order valence-corrected chi connectivity index (χ1v) is 15.5. The number of benzene rings is 5. The monoisotopic (exact) mass is 591 g/mol. The number of furan rings is 1. The number of rotatable bonds is 3. The van der Waals surface area contributed by atoms with Crippen molar-refractivity contribution in [1.82, 2.24) is 25.0 Å². The van der Waals surface area contributed by atoms with Gasteiger partial charge in [0.15, 0.2) is 5.82 Å². The molecule has 2 aliphatic carbocycles. The lowest BCUT2D eigenvalue weighted by Crippen LogP contribution is -2.19. The highest BCUT2D eigenvalue weighted by Gasteiger charge is 2.34. The maximum Gasteiger partial charge on any atom is 0.160 e. The highest BCUT2D eigenvalue weighted by molar-refractivity contribution is 6.06. The molecule has 0 saturated carbocycles. The molecule has 46 heavy (non-hydrogen) atoms. The molecule has 6 heteroatoms. The molecule has 6 nitrogen and oxygen atoms in total. The molecule has 0 N–H and O–H groups in total. The van der Waals surface area contributed by atoms with Gasteiger partial charge in [0.25, 0.3) is 0 Å². The van der Waals surface area contributed by atoms with E-state index in [0.29, 0.717) is 5.82 Å². The Hall–Kier alpha value is -6.14. The maximum absolute atomic E-state index is 6.24. The molecule has 0 radical (unpaired) electrons. The summed E-state index contributed by atoms with van der Waals surface area (Å²) < 4.78 is 6.24. The third-order valence-electron chi connectivity index (χ3n) is 9.24. The summed E-state index contributed by atoms with van der Waals surface area (Å²) >= 11 is 0. The first-order valence-electron chi connectivity index (χ1n) is 15.5. The van der Waals surface area contributed by atoms with Crippen molar-refractivity contribution in [2.75, 3.05) is 0 Å². The zero-order valence-corrected chi connectivity index (χ0v) is 24.6. The molecule has 2 unspecified atom stereocenters. The normalized spacial score (nSPS) is 16.5. The minimum Gasteiger partial charge on any atom is -0.456 e. The van der Waals surface area contributed by atoms with Gasteiger partial charge in [-0.05, 0) is 59.7 Å². The number of hydrogen-bond acceptors (Lipinski definition) is 5. The predicted molar refractivity (Wildman–Crippen MR) is 182 cm³/mol. The fourth-order valence-corrected chi connectivity index (χ4v) is 7.02. The van der Waals surface area contributed by atoms with Crippen LogP contribution in [-0.4, -0.2) is 25.0 Å². The molecule has 2 aliphatic rings. The van der Waals surface area contributed by atoms with E-state index >= 15 is 0 Å². The Bertz CT molecular complexity index is 2560. The summed E-state index contributed by atoms with van der Waals surface area (Å²) in [6, 6.07) is 39.4. The van der Waals surface area contributed by atoms with Crippen LogP contribution in [0, 0.1) is 5.92 Å². The van der Waals surface area contributed by atoms with Crippen molar-refractivity contribution in [1.29, 1.82) is 0 Å². The van der Waals surface area contributed by atoms with Crippen LogP contribution in [0.5, 0.6) is 0 Å². The molecule has 216 valence electrons. The number of fused-ring (bicyclic) bond motifs is 9. The maximum atomic E-state index is 6.24. The van der Waals surface area contributed by atoms with Crippen LogP contribution in [0.3, 0.4) is 0 Å². The van der Waals surface area contributed by atoms with Gasteiger partial charge in [0.05, 0.1) is 22.6 Å². The minimum atomic E-state index is 0.0489. The summed E-state index contributed by atoms with van der Waals surface area (Å²) in [6.07, 6.45) is 8.82. The number of hydrogen-bond donors (Lipinski definition) is 0. The SMILES string of the molecule is C1=CC2C=Cc3nn(-c4ccccc4)nc3C2c2cc(-c3nc(-c4ccc5c(c4)oc4ccccc45)c4ccccc4n3)ccc21. The van der Waals surface area contributed by atoms with Gasteiger partial charge in [-0.15, -0.1) is 5.10 Å². The molecule has 0 amide bonds. The molecule has 3 aromatic heterocycles. The molecule has 0 aliphatic heterocycles. The highest BCUT2D eigenvalue weighted by atomic mass is 16.3. The van der Waals surface area contributed by atoms with E-state index in [0.717, 1.165) is 66.7 Å². The lowest BCUT2D eigenvalue weighted by atomic mass is 9.74. The Kier molecular flexibility index (Phi) is 5.31. The molecule has 10 rings (SSSR count). The fraction of sp³-hybridized carbons (Fsp3) is 0.0500. The van der Waals surface area contributed by atoms with E-state index in [1.165, 1.54) is 11.1 Å². The van der Waals surface area contributed by atoms with E-state index in [-0.39, 0.29) is 11.8 Å². The van der Waals surface area contributed by atoms with Crippen LogP contribution < -0.4 is 0 Å². The molecule has 0 fully saturated rings. The molecule has 0 spiro atoms. The van der Waals surface area contributed by atoms with E-state index in [1.54, 1.807) is 4.80 Å². The van der Waals surface area contributed by atoms with Gasteiger partial charge >= 0.3 is 0 Å². The van der Waals surface area contributed by atoms with Crippen LogP contribution in [0.25, 0.3) is 73.3 Å². The van der Waals surface area contributed by atoms with Crippen LogP contribution in [0.4, 0.5) is 0 Å². The smallest absolute Gasteiger partial charge is 0.160 e. The van der Waals surface area contributed by atoms with Crippen LogP contribution >= 0.6 is 0 Å². The molecular formula is C40H25N5O. The zero-order chi connectivity index (χ0) is 30.2. The third-order valence-corrected chi connectivity index (χ3v) is 9.24. The van der Waals surface area contributed by atoms with Crippen molar-refractivity contribution < 1.29 is 4.42 Å². The van der Waals surface area contributed by atoms with Crippen LogP contribution in [-0.2, 0) is 0 Å². The molecule has 5 aromatic carbocycles. The Morgan fingerprint density at radius 1 is 0.609 bits per heavy atom. The highest BCUT2D eigenvalue weighted by Crippen LogP contribution is 2.44. The number of para-hydroxylation sites is 3. The van der Waals surface area contributed by atoms with Gasteiger partial charge in [0.1, 0.15) is 16.9 Å². The van der Waals surface area contributed by atoms with Crippen molar-refractivity contribution >= 4 is 45.0 Å². The summed E-state index contributed by atoms with van der Waals surface area (Å²) in [5.74, 6) is 0.930. The van der Waals surface area contributed by atoms with Crippen molar-refractivity contribution in [3.05, 3.63) is 150 Å². The van der Waals surface area contributed by atoms with Gasteiger partial charge in [-0.1, -0.05) is 91.0 Å². The first-order chi connectivity index (χ1) is 22.8. The summed E-state index contributed by atoms with van der Waals surface area (Å²) in [7, 11) is 0. The van der Waals surface area contributed by atoms with Crippen LogP contribution in [0.2, 0.25) is 0 Å². The van der Waals surface area contributed by atoms with Gasteiger partial charge in [0.2, 0.25) is 0 Å². The molecular weight excluding hydrogens is 566 g/mol. The summed E-state index contributed by atoms with van der Waals surface area (Å²) in [6.45, 7) is 0. The van der Waals surface area contributed by atoms with E-state index in [9.17, 15) is 0 Å². The average molecular weight is 592 g/mol. The summed E-state index contributed by atoms with van der Waals surface area (Å²) in [4.78, 5) is 12.0. The topological polar surface area (TPSA) is 69.6 Å². The summed E-state index contributed by atoms with van der Waals surface area (Å²) in [5, 5.41) is 13.1. The Balaban J connectivity index is 1.11. The third kappa shape index (κ3) is 3.83. The average Bonchev–Trinajstić information content (AvgIpc) is 3.73. The van der Waals surface area contributed by atoms with E-state index < -0.39 is 0 Å². The molecule has 0 bridgehead atoms. The fourth-order valence-electron chi connectivity index (χ4n) is 7.02. The zero-order valence-electron chi connectivity index (χ0n) is 24.6. The van der Waals surface area contributed by atoms with E-state index in [4.69, 9.17) is 24.6 Å². The standard InChI is InChI=1S/C40H25N5O/c1-2-8-28(9-3-1)45-43-34-21-19-25-16-14-24-15-17-27(22-32(24)37(25)39(34)44-45)40-41-33-12-6-4-11-31(33)38(42-40)26-18-20-30-29-10-5-7-13-35(29)46-36(30)23-26/h1-23,25,37H. The van der Waals surface area contributed by atoms with Crippen molar-refractivity contribution in [3.63, 3.8) is 0 Å². The summed E-state index contributed by atoms with van der Waals surface area (Å²) in [5.41, 5.74) is 10.7. The largest absolute Gasteiger partial charge is 0.456 e. The number of aromatic nitrogens is 5. The molecule has 2 atom stereocenters. The predicted octanol–water partition coefficient (Wildman–Crippen LogP) is 9.25. The second-order valence-corrected chi connectivity index (χ2v) is 11.9. The number of nitrogens with zero attached hydrogens (tertiary/aromatic N) is 5. The van der Waals surface area contributed by atoms with Crippen LogP contribution in [0.15, 0.2) is 132 Å². The van der Waals surface area contributed by atoms with Crippen LogP contribution in [0.1, 0.15) is 28.4 Å². The van der Waals surface area contributed by atoms with Gasteiger partial charge in [-0.3, -0.25) is 0 Å². The second kappa shape index (κ2) is 9.68. The van der Waals surface area contributed by atoms with Crippen molar-refractivity contribution in [2.45, 2.75) is 5.92 Å². The quantitative estimate of drug-likeness (QED) is 0.205. The van der Waals surface area contributed by atoms with Gasteiger partial charge in [-0.2, -0.15) is 9.90 Å². The Morgan fingerprint density at radius 3 is 2.33 bits per heavy atom. The lowest BCUT2D eigenvalue weighted by molar-refractivity contribution is 0.638.